The van der Waals surface area contributed by atoms with Gasteiger partial charge in [-0.2, -0.15) is 4.31 Å². The van der Waals surface area contributed by atoms with Crippen molar-refractivity contribution in [3.63, 3.8) is 0 Å². The van der Waals surface area contributed by atoms with Crippen LogP contribution in [0, 0.1) is 0 Å². The van der Waals surface area contributed by atoms with Crippen molar-refractivity contribution >= 4 is 10.0 Å². The minimum atomic E-state index is -3.53. The van der Waals surface area contributed by atoms with Crippen LogP contribution in [-0.2, 0) is 16.6 Å². The van der Waals surface area contributed by atoms with Crippen LogP contribution in [-0.4, -0.2) is 32.9 Å². The van der Waals surface area contributed by atoms with Crippen molar-refractivity contribution in [1.82, 2.24) is 4.31 Å². The van der Waals surface area contributed by atoms with Gasteiger partial charge in [-0.15, -0.1) is 0 Å². The molecular weight excluding hydrogens is 276 g/mol. The maximum absolute atomic E-state index is 12.7. The summed E-state index contributed by atoms with van der Waals surface area (Å²) >= 11 is 0. The molecule has 5 nitrogen and oxygen atoms in total. The van der Waals surface area contributed by atoms with Gasteiger partial charge in [0.2, 0.25) is 10.0 Å². The van der Waals surface area contributed by atoms with Crippen molar-refractivity contribution in [2.45, 2.75) is 24.8 Å². The number of ether oxygens (including phenoxy) is 1. The van der Waals surface area contributed by atoms with Gasteiger partial charge in [-0.25, -0.2) is 8.42 Å². The van der Waals surface area contributed by atoms with Crippen molar-refractivity contribution in [2.24, 2.45) is 5.73 Å². The monoisotopic (exact) mass is 296 g/mol. The molecule has 2 rings (SSSR count). The van der Waals surface area contributed by atoms with Crippen molar-refractivity contribution in [1.29, 1.82) is 0 Å². The number of benzene rings is 1. The number of nitrogens with two attached hydrogens (primary N) is 1. The number of rotatable bonds is 4. The molecule has 6 heteroatoms. The molecule has 1 aliphatic rings. The number of methoxy groups -OCH3 is 1. The van der Waals surface area contributed by atoms with E-state index < -0.39 is 10.0 Å². The molecule has 0 aromatic heterocycles. The maximum atomic E-state index is 12.7. The fourth-order valence-corrected chi connectivity index (χ4v) is 3.68. The van der Waals surface area contributed by atoms with Crippen LogP contribution in [0.5, 0.6) is 5.75 Å². The first-order valence-corrected chi connectivity index (χ1v) is 7.96. The minimum Gasteiger partial charge on any atom is -0.495 e. The van der Waals surface area contributed by atoms with E-state index in [1.54, 1.807) is 18.2 Å². The molecule has 1 aliphatic heterocycles. The number of hydrogen-bond donors (Lipinski definition) is 1. The van der Waals surface area contributed by atoms with Crippen LogP contribution >= 0.6 is 0 Å². The van der Waals surface area contributed by atoms with Gasteiger partial charge in [0.15, 0.2) is 0 Å². The molecule has 2 N–H and O–H groups in total. The number of hydrogen-bond acceptors (Lipinski definition) is 4. The van der Waals surface area contributed by atoms with E-state index in [-0.39, 0.29) is 4.90 Å². The fourth-order valence-electron chi connectivity index (χ4n) is 2.16. The first-order chi connectivity index (χ1) is 9.48. The van der Waals surface area contributed by atoms with Crippen LogP contribution in [0.1, 0.15) is 18.9 Å². The van der Waals surface area contributed by atoms with Crippen molar-refractivity contribution < 1.29 is 13.2 Å². The highest BCUT2D eigenvalue weighted by atomic mass is 32.2. The third-order valence-electron chi connectivity index (χ3n) is 3.48. The molecular formula is C14H20N2O3S. The van der Waals surface area contributed by atoms with Gasteiger partial charge >= 0.3 is 0 Å². The zero-order valence-corrected chi connectivity index (χ0v) is 12.6. The Bertz CT molecular complexity index is 623. The average Bonchev–Trinajstić information content (AvgIpc) is 2.46. The summed E-state index contributed by atoms with van der Waals surface area (Å²) in [4.78, 5) is 0.199. The highest BCUT2D eigenvalue weighted by molar-refractivity contribution is 7.89. The zero-order chi connectivity index (χ0) is 14.8. The van der Waals surface area contributed by atoms with Gasteiger partial charge in [0.05, 0.1) is 7.11 Å². The van der Waals surface area contributed by atoms with Gasteiger partial charge in [-0.05, 0) is 31.0 Å². The minimum absolute atomic E-state index is 0.199. The summed E-state index contributed by atoms with van der Waals surface area (Å²) in [5, 5.41) is 0. The summed E-state index contributed by atoms with van der Waals surface area (Å²) in [7, 11) is -2.06. The van der Waals surface area contributed by atoms with Crippen molar-refractivity contribution in [2.75, 3.05) is 20.2 Å². The lowest BCUT2D eigenvalue weighted by molar-refractivity contribution is 0.393. The van der Waals surface area contributed by atoms with Crippen molar-refractivity contribution in [3.05, 3.63) is 35.4 Å². The summed E-state index contributed by atoms with van der Waals surface area (Å²) in [5.41, 5.74) is 7.63. The Morgan fingerprint density at radius 1 is 1.40 bits per heavy atom. The predicted octanol–water partition coefficient (Wildman–Crippen LogP) is 1.49. The molecule has 0 saturated heterocycles. The number of nitrogens with zero attached hydrogens (tertiary/aromatic N) is 1. The lowest BCUT2D eigenvalue weighted by atomic mass is 10.1. The van der Waals surface area contributed by atoms with Crippen LogP contribution in [0.3, 0.4) is 0 Å². The van der Waals surface area contributed by atoms with E-state index >= 15 is 0 Å². The van der Waals surface area contributed by atoms with Crippen LogP contribution in [0.2, 0.25) is 0 Å². The van der Waals surface area contributed by atoms with Crippen LogP contribution < -0.4 is 10.5 Å². The molecule has 0 fully saturated rings. The zero-order valence-electron chi connectivity index (χ0n) is 11.8. The van der Waals surface area contributed by atoms with Gasteiger partial charge in [-0.3, -0.25) is 0 Å². The van der Waals surface area contributed by atoms with Gasteiger partial charge in [0.25, 0.3) is 0 Å². The van der Waals surface area contributed by atoms with Gasteiger partial charge in [-0.1, -0.05) is 17.7 Å². The Labute approximate surface area is 120 Å². The molecule has 1 aromatic carbocycles. The van der Waals surface area contributed by atoms with Crippen molar-refractivity contribution in [3.8, 4) is 5.75 Å². The summed E-state index contributed by atoms with van der Waals surface area (Å²) < 4.78 is 32.0. The average molecular weight is 296 g/mol. The second-order valence-electron chi connectivity index (χ2n) is 4.85. The first kappa shape index (κ1) is 15.0. The lowest BCUT2D eigenvalue weighted by Crippen LogP contribution is -2.34. The van der Waals surface area contributed by atoms with Crippen LogP contribution in [0.15, 0.2) is 34.7 Å². The van der Waals surface area contributed by atoms with E-state index in [1.807, 2.05) is 13.0 Å². The lowest BCUT2D eigenvalue weighted by Gasteiger charge is -2.25. The van der Waals surface area contributed by atoms with Crippen LogP contribution in [0.4, 0.5) is 0 Å². The van der Waals surface area contributed by atoms with E-state index in [2.05, 4.69) is 0 Å². The Morgan fingerprint density at radius 3 is 2.70 bits per heavy atom. The summed E-state index contributed by atoms with van der Waals surface area (Å²) in [5.74, 6) is 0.347. The highest BCUT2D eigenvalue weighted by Crippen LogP contribution is 2.29. The second-order valence-corrected chi connectivity index (χ2v) is 6.76. The quantitative estimate of drug-likeness (QED) is 0.855. The molecule has 110 valence electrons. The maximum Gasteiger partial charge on any atom is 0.247 e. The second kappa shape index (κ2) is 5.95. The molecule has 20 heavy (non-hydrogen) atoms. The van der Waals surface area contributed by atoms with E-state index in [4.69, 9.17) is 10.5 Å². The molecule has 0 atom stereocenters. The molecule has 0 bridgehead atoms. The van der Waals surface area contributed by atoms with E-state index in [9.17, 15) is 8.42 Å². The SMILES string of the molecule is COc1cc(CN)ccc1S(=O)(=O)N1CC=C(C)CC1. The number of sulfonamides is 1. The standard InChI is InChI=1S/C14H20N2O3S/c1-11-5-7-16(8-6-11)20(17,18)14-4-3-12(10-15)9-13(14)19-2/h3-5,9H,6-8,10,15H2,1-2H3. The Kier molecular flexibility index (Phi) is 4.47. The summed E-state index contributed by atoms with van der Waals surface area (Å²) in [6.07, 6.45) is 2.71. The largest absolute Gasteiger partial charge is 0.495 e. The van der Waals surface area contributed by atoms with Gasteiger partial charge < -0.3 is 10.5 Å². The van der Waals surface area contributed by atoms with Gasteiger partial charge in [0, 0.05) is 19.6 Å². The molecule has 1 aromatic rings. The molecule has 1 heterocycles. The third-order valence-corrected chi connectivity index (χ3v) is 5.39. The Morgan fingerprint density at radius 2 is 2.15 bits per heavy atom. The summed E-state index contributed by atoms with van der Waals surface area (Å²) in [6, 6.07) is 4.97. The fraction of sp³-hybridized carbons (Fsp3) is 0.429. The van der Waals surface area contributed by atoms with Crippen LogP contribution in [0.25, 0.3) is 0 Å². The molecule has 0 amide bonds. The van der Waals surface area contributed by atoms with E-state index in [0.29, 0.717) is 25.4 Å². The topological polar surface area (TPSA) is 72.6 Å². The molecule has 0 radical (unpaired) electrons. The van der Waals surface area contributed by atoms with Gasteiger partial charge in [0.1, 0.15) is 10.6 Å². The first-order valence-electron chi connectivity index (χ1n) is 6.52. The molecule has 0 unspecified atom stereocenters. The summed E-state index contributed by atoms with van der Waals surface area (Å²) in [6.45, 7) is 3.28. The Hall–Kier alpha value is -1.37. The van der Waals surface area contributed by atoms with E-state index in [0.717, 1.165) is 12.0 Å². The highest BCUT2D eigenvalue weighted by Gasteiger charge is 2.28. The third kappa shape index (κ3) is 2.87. The normalized spacial score (nSPS) is 16.9. The molecule has 0 saturated carbocycles. The molecule has 0 spiro atoms. The Balaban J connectivity index is 2.39. The molecule has 0 aliphatic carbocycles. The van der Waals surface area contributed by atoms with E-state index in [1.165, 1.54) is 17.0 Å². The smallest absolute Gasteiger partial charge is 0.247 e. The predicted molar refractivity (Wildman–Crippen MR) is 78.0 cm³/mol.